The molecule has 0 aliphatic heterocycles. The molecule has 2 saturated carbocycles. The Labute approximate surface area is 128 Å². The van der Waals surface area contributed by atoms with E-state index in [-0.39, 0.29) is 28.3 Å². The average Bonchev–Trinajstić information content (AvgIpc) is 2.99. The Morgan fingerprint density at radius 3 is 2.67 bits per heavy atom. The first-order chi connectivity index (χ1) is 10.1. The second-order valence-corrected chi connectivity index (χ2v) is 6.37. The third-order valence-electron chi connectivity index (χ3n) is 4.85. The maximum absolute atomic E-state index is 11.1. The summed E-state index contributed by atoms with van der Waals surface area (Å²) >= 11 is 6.39. The lowest BCUT2D eigenvalue weighted by Gasteiger charge is -2.50. The molecule has 5 nitrogen and oxygen atoms in total. The van der Waals surface area contributed by atoms with Gasteiger partial charge in [0.1, 0.15) is 11.9 Å². The lowest BCUT2D eigenvalue weighted by atomic mass is 9.64. The molecule has 3 rings (SSSR count). The molecule has 2 fully saturated rings. The molecule has 2 aliphatic carbocycles. The van der Waals surface area contributed by atoms with E-state index in [9.17, 15) is 10.1 Å². The van der Waals surface area contributed by atoms with Crippen LogP contribution in [0.1, 0.15) is 32.1 Å². The van der Waals surface area contributed by atoms with E-state index >= 15 is 0 Å². The molecule has 114 valence electrons. The van der Waals surface area contributed by atoms with E-state index in [0.29, 0.717) is 5.75 Å². The summed E-state index contributed by atoms with van der Waals surface area (Å²) in [5, 5.41) is 11.2. The fraction of sp³-hybridized carbons (Fsp3) is 0.600. The molecule has 0 radical (unpaired) electrons. The van der Waals surface area contributed by atoms with E-state index < -0.39 is 4.92 Å². The second kappa shape index (κ2) is 5.37. The minimum Gasteiger partial charge on any atom is -0.490 e. The standard InChI is InChI=1S/C15H18ClNO4/c1-20-12-5-4-10(8-11(12)17(18)19)21-14-9-13(16)15(14)6-2-3-7-15/h4-5,8,13-14H,2-3,6-7,9H2,1H3. The fourth-order valence-electron chi connectivity index (χ4n) is 3.58. The number of benzene rings is 1. The summed E-state index contributed by atoms with van der Waals surface area (Å²) in [6, 6.07) is 4.73. The van der Waals surface area contributed by atoms with Crippen molar-refractivity contribution < 1.29 is 14.4 Å². The molecule has 0 heterocycles. The van der Waals surface area contributed by atoms with Crippen LogP contribution >= 0.6 is 11.6 Å². The third kappa shape index (κ3) is 2.33. The van der Waals surface area contributed by atoms with Crippen molar-refractivity contribution in [3.8, 4) is 11.5 Å². The van der Waals surface area contributed by atoms with Crippen LogP contribution in [0.2, 0.25) is 0 Å². The van der Waals surface area contributed by atoms with Gasteiger partial charge in [-0.25, -0.2) is 0 Å². The first-order valence-electron chi connectivity index (χ1n) is 7.20. The number of hydrogen-bond acceptors (Lipinski definition) is 4. The molecule has 2 aliphatic rings. The Morgan fingerprint density at radius 1 is 1.38 bits per heavy atom. The SMILES string of the molecule is COc1ccc(OC2CC(Cl)C23CCCC3)cc1[N+](=O)[O-]. The number of nitro groups is 1. The molecule has 1 aromatic rings. The zero-order valence-electron chi connectivity index (χ0n) is 11.9. The van der Waals surface area contributed by atoms with Gasteiger partial charge in [0.25, 0.3) is 0 Å². The van der Waals surface area contributed by atoms with Gasteiger partial charge in [-0.3, -0.25) is 10.1 Å². The van der Waals surface area contributed by atoms with Crippen LogP contribution in [0.25, 0.3) is 0 Å². The normalized spacial score (nSPS) is 26.4. The highest BCUT2D eigenvalue weighted by atomic mass is 35.5. The highest BCUT2D eigenvalue weighted by Crippen LogP contribution is 2.57. The molecule has 1 aromatic carbocycles. The van der Waals surface area contributed by atoms with Crippen molar-refractivity contribution in [3.63, 3.8) is 0 Å². The summed E-state index contributed by atoms with van der Waals surface area (Å²) < 4.78 is 11.0. The van der Waals surface area contributed by atoms with Gasteiger partial charge in [0.05, 0.1) is 18.1 Å². The van der Waals surface area contributed by atoms with E-state index in [1.54, 1.807) is 12.1 Å². The van der Waals surface area contributed by atoms with Crippen LogP contribution in [0.15, 0.2) is 18.2 Å². The van der Waals surface area contributed by atoms with E-state index in [0.717, 1.165) is 19.3 Å². The van der Waals surface area contributed by atoms with Gasteiger partial charge in [-0.05, 0) is 25.0 Å². The molecule has 21 heavy (non-hydrogen) atoms. The highest BCUT2D eigenvalue weighted by Gasteiger charge is 2.57. The Kier molecular flexibility index (Phi) is 3.69. The monoisotopic (exact) mass is 311 g/mol. The van der Waals surface area contributed by atoms with Crippen LogP contribution in [0, 0.1) is 15.5 Å². The van der Waals surface area contributed by atoms with Crippen molar-refractivity contribution in [2.45, 2.75) is 43.6 Å². The Bertz CT molecular complexity index is 557. The Balaban J connectivity index is 1.79. The van der Waals surface area contributed by atoms with E-state index in [4.69, 9.17) is 21.1 Å². The van der Waals surface area contributed by atoms with Crippen LogP contribution in [0.5, 0.6) is 11.5 Å². The fourth-order valence-corrected chi connectivity index (χ4v) is 4.10. The van der Waals surface area contributed by atoms with Crippen molar-refractivity contribution >= 4 is 17.3 Å². The predicted octanol–water partition coefficient (Wildman–Crippen LogP) is 3.92. The lowest BCUT2D eigenvalue weighted by Crippen LogP contribution is -2.55. The first kappa shape index (κ1) is 14.4. The second-order valence-electron chi connectivity index (χ2n) is 5.84. The number of alkyl halides is 1. The van der Waals surface area contributed by atoms with Gasteiger partial charge in [0, 0.05) is 17.2 Å². The maximum Gasteiger partial charge on any atom is 0.314 e. The maximum atomic E-state index is 11.1. The summed E-state index contributed by atoms with van der Waals surface area (Å²) in [5.41, 5.74) is -0.00628. The Morgan fingerprint density at radius 2 is 2.10 bits per heavy atom. The predicted molar refractivity (Wildman–Crippen MR) is 79.2 cm³/mol. The van der Waals surface area contributed by atoms with Crippen LogP contribution in [0.4, 0.5) is 5.69 Å². The number of nitro benzene ring substituents is 1. The van der Waals surface area contributed by atoms with Gasteiger partial charge in [0.2, 0.25) is 0 Å². The van der Waals surface area contributed by atoms with E-state index in [1.807, 2.05) is 0 Å². The Hall–Kier alpha value is -1.49. The van der Waals surface area contributed by atoms with Gasteiger partial charge in [-0.15, -0.1) is 11.6 Å². The topological polar surface area (TPSA) is 61.6 Å². The molecule has 2 unspecified atom stereocenters. The zero-order valence-corrected chi connectivity index (χ0v) is 12.6. The molecule has 2 atom stereocenters. The summed E-state index contributed by atoms with van der Waals surface area (Å²) in [6.45, 7) is 0. The largest absolute Gasteiger partial charge is 0.490 e. The van der Waals surface area contributed by atoms with Crippen LogP contribution in [-0.2, 0) is 0 Å². The zero-order chi connectivity index (χ0) is 15.0. The summed E-state index contributed by atoms with van der Waals surface area (Å²) in [6.07, 6.45) is 5.42. The number of methoxy groups -OCH3 is 1. The van der Waals surface area contributed by atoms with Crippen LogP contribution in [-0.4, -0.2) is 23.5 Å². The van der Waals surface area contributed by atoms with Crippen molar-refractivity contribution in [3.05, 3.63) is 28.3 Å². The van der Waals surface area contributed by atoms with Crippen LogP contribution < -0.4 is 9.47 Å². The number of hydrogen-bond donors (Lipinski definition) is 0. The van der Waals surface area contributed by atoms with Crippen molar-refractivity contribution in [1.82, 2.24) is 0 Å². The summed E-state index contributed by atoms with van der Waals surface area (Å²) in [7, 11) is 1.42. The highest BCUT2D eigenvalue weighted by molar-refractivity contribution is 6.21. The quantitative estimate of drug-likeness (QED) is 0.480. The van der Waals surface area contributed by atoms with Crippen LogP contribution in [0.3, 0.4) is 0 Å². The van der Waals surface area contributed by atoms with Gasteiger partial charge < -0.3 is 9.47 Å². The molecule has 0 amide bonds. The minimum absolute atomic E-state index is 0.0653. The molecular formula is C15H18ClNO4. The molecule has 6 heteroatoms. The molecule has 0 N–H and O–H groups in total. The average molecular weight is 312 g/mol. The van der Waals surface area contributed by atoms with Crippen molar-refractivity contribution in [1.29, 1.82) is 0 Å². The molecule has 0 saturated heterocycles. The first-order valence-corrected chi connectivity index (χ1v) is 7.63. The number of nitrogens with zero attached hydrogens (tertiary/aromatic N) is 1. The molecular weight excluding hydrogens is 294 g/mol. The number of rotatable bonds is 4. The lowest BCUT2D eigenvalue weighted by molar-refractivity contribution is -0.385. The molecule has 1 spiro atoms. The van der Waals surface area contributed by atoms with Gasteiger partial charge in [-0.1, -0.05) is 12.8 Å². The van der Waals surface area contributed by atoms with E-state index in [1.165, 1.54) is 26.0 Å². The third-order valence-corrected chi connectivity index (χ3v) is 5.46. The number of halogens is 1. The van der Waals surface area contributed by atoms with Gasteiger partial charge in [0.15, 0.2) is 5.75 Å². The smallest absolute Gasteiger partial charge is 0.314 e. The van der Waals surface area contributed by atoms with Crippen molar-refractivity contribution in [2.75, 3.05) is 7.11 Å². The minimum atomic E-state index is -0.456. The van der Waals surface area contributed by atoms with Gasteiger partial charge >= 0.3 is 5.69 Å². The van der Waals surface area contributed by atoms with Gasteiger partial charge in [-0.2, -0.15) is 0 Å². The number of ether oxygens (including phenoxy) is 2. The summed E-state index contributed by atoms with van der Waals surface area (Å²) in [5.74, 6) is 0.758. The molecule has 0 aromatic heterocycles. The van der Waals surface area contributed by atoms with E-state index in [2.05, 4.69) is 0 Å². The molecule has 0 bridgehead atoms. The summed E-state index contributed by atoms with van der Waals surface area (Å²) in [4.78, 5) is 10.6. The van der Waals surface area contributed by atoms with Crippen molar-refractivity contribution in [2.24, 2.45) is 5.41 Å².